The van der Waals surface area contributed by atoms with Crippen LogP contribution in [-0.4, -0.2) is 43.5 Å². The lowest BCUT2D eigenvalue weighted by Gasteiger charge is -2.26. The van der Waals surface area contributed by atoms with Crippen LogP contribution in [-0.2, 0) is 28.0 Å². The largest absolute Gasteiger partial charge is 0.480 e. The van der Waals surface area contributed by atoms with Gasteiger partial charge in [-0.1, -0.05) is 31.2 Å². The van der Waals surface area contributed by atoms with E-state index in [1.807, 2.05) is 31.2 Å². The van der Waals surface area contributed by atoms with Crippen molar-refractivity contribution in [3.63, 3.8) is 0 Å². The van der Waals surface area contributed by atoms with Crippen molar-refractivity contribution in [3.05, 3.63) is 74.3 Å². The Kier molecular flexibility index (Phi) is 7.49. The Balaban J connectivity index is 2.04. The Labute approximate surface area is 216 Å². The predicted octanol–water partition coefficient (Wildman–Crippen LogP) is 3.32. The summed E-state index contributed by atoms with van der Waals surface area (Å²) >= 11 is 1.18. The van der Waals surface area contributed by atoms with E-state index in [9.17, 15) is 24.6 Å². The number of rotatable bonds is 10. The maximum atomic E-state index is 13.9. The normalized spacial score (nSPS) is 12.8. The highest BCUT2D eigenvalue weighted by molar-refractivity contribution is 7.22. The first kappa shape index (κ1) is 26.5. The molecule has 0 radical (unpaired) electrons. The van der Waals surface area contributed by atoms with Gasteiger partial charge in [0.15, 0.2) is 0 Å². The minimum Gasteiger partial charge on any atom is -0.480 e. The van der Waals surface area contributed by atoms with Crippen molar-refractivity contribution in [2.45, 2.75) is 52.3 Å². The third-order valence-electron chi connectivity index (χ3n) is 6.46. The number of nitrogens with zero attached hydrogens (tertiary/aromatic N) is 3. The van der Waals surface area contributed by atoms with Crippen molar-refractivity contribution in [2.24, 2.45) is 0 Å². The van der Waals surface area contributed by atoms with Crippen LogP contribution in [0.3, 0.4) is 0 Å². The minimum absolute atomic E-state index is 0.00664. The number of hydrogen-bond donors (Lipinski definition) is 2. The van der Waals surface area contributed by atoms with Gasteiger partial charge in [-0.3, -0.25) is 9.36 Å². The molecule has 0 aliphatic heterocycles. The number of hydrogen-bond acceptors (Lipinski definition) is 8. The Morgan fingerprint density at radius 3 is 2.62 bits per heavy atom. The quantitative estimate of drug-likeness (QED) is 0.320. The molecule has 10 nitrogen and oxygen atoms in total. The molecule has 1 atom stereocenters. The van der Waals surface area contributed by atoms with Gasteiger partial charge in [-0.05, 0) is 43.9 Å². The fraction of sp³-hybridized carbons (Fsp3) is 0.385. The molecule has 3 heterocycles. The monoisotopic (exact) mass is 527 g/mol. The zero-order valence-electron chi connectivity index (χ0n) is 21.1. The maximum Gasteiger partial charge on any atom is 0.333 e. The van der Waals surface area contributed by atoms with Crippen molar-refractivity contribution in [3.8, 4) is 10.8 Å². The fourth-order valence-corrected chi connectivity index (χ4v) is 5.65. The number of aliphatic carboxylic acids is 1. The van der Waals surface area contributed by atoms with E-state index in [1.165, 1.54) is 42.2 Å². The molecule has 37 heavy (non-hydrogen) atoms. The van der Waals surface area contributed by atoms with Crippen molar-refractivity contribution < 1.29 is 24.2 Å². The number of aliphatic hydroxyl groups is 1. The van der Waals surface area contributed by atoms with Gasteiger partial charge in [-0.15, -0.1) is 11.3 Å². The summed E-state index contributed by atoms with van der Waals surface area (Å²) in [5, 5.41) is 19.6. The first-order chi connectivity index (χ1) is 17.6. The van der Waals surface area contributed by atoms with Crippen LogP contribution in [0.2, 0.25) is 0 Å². The summed E-state index contributed by atoms with van der Waals surface area (Å²) in [7, 11) is 0. The standard InChI is InChI=1S/C26H29N3O7S/c1-5-16-8-6-7-9-17(16)18(35-13-11-30)14-28-23-19(15(2)20(37-23)21-27-10-12-36-21)22(31)29(25(28)34)26(3,4)24(32)33/h6-10,12,18,30H,5,11,13-14H2,1-4H3,(H,32,33)/t18-/m1/s1. The molecule has 196 valence electrons. The number of aromatic nitrogens is 3. The average Bonchev–Trinajstić information content (AvgIpc) is 3.51. The second kappa shape index (κ2) is 10.4. The molecule has 3 aromatic heterocycles. The molecule has 11 heteroatoms. The third kappa shape index (κ3) is 4.65. The molecule has 0 aliphatic rings. The molecule has 1 aromatic carbocycles. The molecular weight excluding hydrogens is 498 g/mol. The number of fused-ring (bicyclic) bond motifs is 1. The van der Waals surface area contributed by atoms with Crippen molar-refractivity contribution in [2.75, 3.05) is 13.2 Å². The molecule has 0 unspecified atom stereocenters. The lowest BCUT2D eigenvalue weighted by Crippen LogP contribution is -2.52. The summed E-state index contributed by atoms with van der Waals surface area (Å²) in [6, 6.07) is 7.65. The summed E-state index contributed by atoms with van der Waals surface area (Å²) < 4.78 is 13.6. The number of ether oxygens (including phenoxy) is 1. The molecular formula is C26H29N3O7S. The lowest BCUT2D eigenvalue weighted by atomic mass is 10.00. The van der Waals surface area contributed by atoms with Crippen LogP contribution in [0, 0.1) is 6.92 Å². The number of benzene rings is 1. The van der Waals surface area contributed by atoms with E-state index in [1.54, 1.807) is 6.92 Å². The van der Waals surface area contributed by atoms with E-state index in [0.29, 0.717) is 21.2 Å². The first-order valence-electron chi connectivity index (χ1n) is 11.9. The van der Waals surface area contributed by atoms with Gasteiger partial charge >= 0.3 is 11.7 Å². The van der Waals surface area contributed by atoms with Crippen LogP contribution in [0.5, 0.6) is 0 Å². The van der Waals surface area contributed by atoms with Gasteiger partial charge in [0.2, 0.25) is 5.89 Å². The van der Waals surface area contributed by atoms with E-state index < -0.39 is 28.9 Å². The lowest BCUT2D eigenvalue weighted by molar-refractivity contribution is -0.146. The van der Waals surface area contributed by atoms with E-state index in [-0.39, 0.29) is 25.1 Å². The number of aryl methyl sites for hydroxylation is 2. The van der Waals surface area contributed by atoms with Crippen LogP contribution < -0.4 is 11.2 Å². The molecule has 0 spiro atoms. The van der Waals surface area contributed by atoms with Crippen LogP contribution in [0.25, 0.3) is 21.0 Å². The number of carboxylic acid groups (broad SMARTS) is 1. The number of aliphatic hydroxyl groups excluding tert-OH is 1. The molecule has 0 fully saturated rings. The molecule has 0 bridgehead atoms. The van der Waals surface area contributed by atoms with Gasteiger partial charge in [0.25, 0.3) is 5.56 Å². The molecule has 4 rings (SSSR count). The molecule has 2 N–H and O–H groups in total. The van der Waals surface area contributed by atoms with Gasteiger partial charge in [-0.25, -0.2) is 19.1 Å². The number of oxazole rings is 1. The number of carbonyl (C=O) groups is 1. The van der Waals surface area contributed by atoms with Gasteiger partial charge in [-0.2, -0.15) is 0 Å². The Bertz CT molecular complexity index is 1550. The number of carboxylic acids is 1. The molecule has 0 amide bonds. The van der Waals surface area contributed by atoms with Crippen molar-refractivity contribution >= 4 is 27.5 Å². The highest BCUT2D eigenvalue weighted by atomic mass is 32.1. The maximum absolute atomic E-state index is 13.9. The topological polar surface area (TPSA) is 137 Å². The summed E-state index contributed by atoms with van der Waals surface area (Å²) in [5.41, 5.74) is -0.886. The minimum atomic E-state index is -1.82. The highest BCUT2D eigenvalue weighted by Crippen LogP contribution is 2.36. The number of thiophene rings is 1. The van der Waals surface area contributed by atoms with E-state index in [2.05, 4.69) is 4.98 Å². The van der Waals surface area contributed by atoms with Crippen molar-refractivity contribution in [1.82, 2.24) is 14.1 Å². The van der Waals surface area contributed by atoms with Gasteiger partial charge in [0.05, 0.1) is 36.2 Å². The summed E-state index contributed by atoms with van der Waals surface area (Å²) in [4.78, 5) is 44.8. The molecule has 0 saturated heterocycles. The predicted molar refractivity (Wildman–Crippen MR) is 139 cm³/mol. The van der Waals surface area contributed by atoms with Crippen LogP contribution in [0.1, 0.15) is 43.6 Å². The third-order valence-corrected chi connectivity index (χ3v) is 7.77. The second-order valence-electron chi connectivity index (χ2n) is 9.11. The summed E-state index contributed by atoms with van der Waals surface area (Å²) in [6.45, 7) is 6.17. The Morgan fingerprint density at radius 2 is 2.00 bits per heavy atom. The zero-order chi connectivity index (χ0) is 26.9. The van der Waals surface area contributed by atoms with Gasteiger partial charge < -0.3 is 19.4 Å². The summed E-state index contributed by atoms with van der Waals surface area (Å²) in [5.74, 6) is -1.02. The molecule has 0 aliphatic carbocycles. The smallest absolute Gasteiger partial charge is 0.333 e. The van der Waals surface area contributed by atoms with Crippen LogP contribution in [0.4, 0.5) is 0 Å². The highest BCUT2D eigenvalue weighted by Gasteiger charge is 2.36. The van der Waals surface area contributed by atoms with Crippen LogP contribution >= 0.6 is 11.3 Å². The first-order valence-corrected chi connectivity index (χ1v) is 12.7. The van der Waals surface area contributed by atoms with Crippen molar-refractivity contribution in [1.29, 1.82) is 0 Å². The van der Waals surface area contributed by atoms with E-state index in [0.717, 1.165) is 22.1 Å². The molecule has 4 aromatic rings. The Morgan fingerprint density at radius 1 is 1.27 bits per heavy atom. The Hall–Kier alpha value is -3.54. The van der Waals surface area contributed by atoms with Gasteiger partial charge in [0.1, 0.15) is 22.7 Å². The van der Waals surface area contributed by atoms with E-state index >= 15 is 0 Å². The zero-order valence-corrected chi connectivity index (χ0v) is 21.9. The SMILES string of the molecule is CCc1ccccc1[C@@H](Cn1c(=O)n(C(C)(C)C(=O)O)c(=O)c2c(C)c(-c3ncco3)sc21)OCCO. The fourth-order valence-electron chi connectivity index (χ4n) is 4.41. The molecule has 0 saturated carbocycles. The second-order valence-corrected chi connectivity index (χ2v) is 10.1. The average molecular weight is 528 g/mol. The van der Waals surface area contributed by atoms with Crippen LogP contribution in [0.15, 0.2) is 50.7 Å². The van der Waals surface area contributed by atoms with E-state index in [4.69, 9.17) is 9.15 Å². The summed E-state index contributed by atoms with van der Waals surface area (Å²) in [6.07, 6.45) is 2.98. The van der Waals surface area contributed by atoms with Gasteiger partial charge in [0, 0.05) is 0 Å².